The Balaban J connectivity index is 2.22. The van der Waals surface area contributed by atoms with Crippen molar-refractivity contribution in [3.05, 3.63) is 71.1 Å². The molecular weight excluding hydrogens is 242 g/mol. The number of allylic oxidation sites excluding steroid dienone is 1. The van der Waals surface area contributed by atoms with Gasteiger partial charge in [-0.3, -0.25) is 4.98 Å². The third-order valence-corrected chi connectivity index (χ3v) is 3.99. The molecule has 0 saturated heterocycles. The zero-order chi connectivity index (χ0) is 14.2. The highest BCUT2D eigenvalue weighted by atomic mass is 14.6. The Kier molecular flexibility index (Phi) is 2.95. The summed E-state index contributed by atoms with van der Waals surface area (Å²) in [7, 11) is 0. The van der Waals surface area contributed by atoms with Crippen LogP contribution in [-0.4, -0.2) is 4.98 Å². The summed E-state index contributed by atoms with van der Waals surface area (Å²) in [5.41, 5.74) is 6.07. The van der Waals surface area contributed by atoms with Crippen molar-refractivity contribution in [2.24, 2.45) is 0 Å². The first kappa shape index (κ1) is 12.7. The average Bonchev–Trinajstić information content (AvgIpc) is 2.47. The Morgan fingerprint density at radius 2 is 2.10 bits per heavy atom. The maximum atomic E-state index is 5.55. The number of nitrogens with zero attached hydrogens (tertiary/aromatic N) is 1. The van der Waals surface area contributed by atoms with Crippen LogP contribution >= 0.6 is 0 Å². The van der Waals surface area contributed by atoms with E-state index in [0.717, 1.165) is 17.5 Å². The molecule has 0 unspecified atom stereocenters. The van der Waals surface area contributed by atoms with Gasteiger partial charge in [0, 0.05) is 23.5 Å². The number of fused-ring (bicyclic) bond motifs is 1. The molecule has 20 heavy (non-hydrogen) atoms. The van der Waals surface area contributed by atoms with Crippen LogP contribution in [0.5, 0.6) is 0 Å². The number of benzene rings is 1. The Hall–Kier alpha value is -2.33. The first-order valence-electron chi connectivity index (χ1n) is 6.84. The minimum Gasteiger partial charge on any atom is -0.264 e. The highest BCUT2D eigenvalue weighted by Crippen LogP contribution is 2.41. The quantitative estimate of drug-likeness (QED) is 0.700. The first-order valence-corrected chi connectivity index (χ1v) is 6.84. The van der Waals surface area contributed by atoms with Gasteiger partial charge in [-0.05, 0) is 46.7 Å². The number of rotatable bonds is 1. The summed E-state index contributed by atoms with van der Waals surface area (Å²) in [6.07, 6.45) is 12.6. The van der Waals surface area contributed by atoms with Gasteiger partial charge in [0.05, 0.1) is 0 Å². The van der Waals surface area contributed by atoms with Gasteiger partial charge in [0.1, 0.15) is 0 Å². The lowest BCUT2D eigenvalue weighted by Crippen LogP contribution is -2.22. The third kappa shape index (κ3) is 2.04. The van der Waals surface area contributed by atoms with Crippen molar-refractivity contribution in [1.29, 1.82) is 0 Å². The lowest BCUT2D eigenvalue weighted by atomic mass is 9.72. The molecule has 0 fully saturated rings. The van der Waals surface area contributed by atoms with Crippen molar-refractivity contribution in [1.82, 2.24) is 4.98 Å². The van der Waals surface area contributed by atoms with Crippen LogP contribution in [0.25, 0.3) is 5.57 Å². The van der Waals surface area contributed by atoms with Crippen molar-refractivity contribution in [2.45, 2.75) is 25.7 Å². The summed E-state index contributed by atoms with van der Waals surface area (Å²) in [6, 6.07) is 10.4. The van der Waals surface area contributed by atoms with Gasteiger partial charge in [0.2, 0.25) is 0 Å². The molecule has 0 N–H and O–H groups in total. The molecule has 1 aliphatic carbocycles. The molecule has 1 heteroatoms. The van der Waals surface area contributed by atoms with E-state index in [9.17, 15) is 0 Å². The van der Waals surface area contributed by atoms with E-state index >= 15 is 0 Å². The summed E-state index contributed by atoms with van der Waals surface area (Å²) in [4.78, 5) is 4.23. The van der Waals surface area contributed by atoms with Crippen LogP contribution in [0.4, 0.5) is 0 Å². The molecule has 0 aliphatic heterocycles. The maximum absolute atomic E-state index is 5.55. The Morgan fingerprint density at radius 3 is 2.80 bits per heavy atom. The zero-order valence-electron chi connectivity index (χ0n) is 11.9. The van der Waals surface area contributed by atoms with E-state index in [-0.39, 0.29) is 5.41 Å². The van der Waals surface area contributed by atoms with Gasteiger partial charge in [-0.2, -0.15) is 0 Å². The monoisotopic (exact) mass is 259 g/mol. The van der Waals surface area contributed by atoms with E-state index < -0.39 is 0 Å². The smallest absolute Gasteiger partial charge is 0.0346 e. The molecule has 0 bridgehead atoms. The van der Waals surface area contributed by atoms with Gasteiger partial charge in [-0.15, -0.1) is 6.42 Å². The Morgan fingerprint density at radius 1 is 1.25 bits per heavy atom. The van der Waals surface area contributed by atoms with E-state index in [2.05, 4.69) is 49.0 Å². The van der Waals surface area contributed by atoms with Crippen molar-refractivity contribution >= 4 is 5.57 Å². The van der Waals surface area contributed by atoms with E-state index in [0.29, 0.717) is 0 Å². The molecular formula is C19H17N. The van der Waals surface area contributed by atoms with Gasteiger partial charge >= 0.3 is 0 Å². The van der Waals surface area contributed by atoms with Crippen LogP contribution in [0, 0.1) is 12.3 Å². The largest absolute Gasteiger partial charge is 0.264 e. The van der Waals surface area contributed by atoms with Crippen LogP contribution in [0.1, 0.15) is 42.5 Å². The van der Waals surface area contributed by atoms with Crippen LogP contribution in [0.3, 0.4) is 0 Å². The van der Waals surface area contributed by atoms with E-state index in [4.69, 9.17) is 6.42 Å². The van der Waals surface area contributed by atoms with Crippen molar-refractivity contribution in [2.75, 3.05) is 0 Å². The second kappa shape index (κ2) is 4.65. The highest BCUT2D eigenvalue weighted by Gasteiger charge is 2.28. The SMILES string of the molecule is C#Cc1ccc2c(c1)C(c1cccnc1)=CCC2(C)C. The maximum Gasteiger partial charge on any atom is 0.0346 e. The summed E-state index contributed by atoms with van der Waals surface area (Å²) in [6.45, 7) is 4.55. The molecule has 0 amide bonds. The molecule has 2 aromatic rings. The Bertz CT molecular complexity index is 715. The fraction of sp³-hybridized carbons (Fsp3) is 0.211. The predicted molar refractivity (Wildman–Crippen MR) is 83.3 cm³/mol. The molecule has 1 aliphatic rings. The number of hydrogen-bond acceptors (Lipinski definition) is 1. The number of hydrogen-bond donors (Lipinski definition) is 0. The number of terminal acetylenes is 1. The van der Waals surface area contributed by atoms with Crippen LogP contribution < -0.4 is 0 Å². The molecule has 0 radical (unpaired) electrons. The lowest BCUT2D eigenvalue weighted by Gasteiger charge is -2.32. The lowest BCUT2D eigenvalue weighted by molar-refractivity contribution is 0.527. The Labute approximate surface area is 120 Å². The summed E-state index contributed by atoms with van der Waals surface area (Å²) >= 11 is 0. The molecule has 1 aromatic carbocycles. The minimum absolute atomic E-state index is 0.147. The van der Waals surface area contributed by atoms with Crippen molar-refractivity contribution in [3.63, 3.8) is 0 Å². The summed E-state index contributed by atoms with van der Waals surface area (Å²) in [5, 5.41) is 0. The second-order valence-electron chi connectivity index (χ2n) is 5.85. The van der Waals surface area contributed by atoms with Crippen LogP contribution in [-0.2, 0) is 5.41 Å². The number of pyridine rings is 1. The average molecular weight is 259 g/mol. The molecule has 1 aromatic heterocycles. The predicted octanol–water partition coefficient (Wildman–Crippen LogP) is 4.18. The zero-order valence-corrected chi connectivity index (χ0v) is 11.9. The molecule has 0 atom stereocenters. The molecule has 1 heterocycles. The fourth-order valence-corrected chi connectivity index (χ4v) is 2.82. The van der Waals surface area contributed by atoms with Gasteiger partial charge < -0.3 is 0 Å². The normalized spacial score (nSPS) is 15.9. The third-order valence-electron chi connectivity index (χ3n) is 3.99. The van der Waals surface area contributed by atoms with Gasteiger partial charge in [0.25, 0.3) is 0 Å². The topological polar surface area (TPSA) is 12.9 Å². The molecule has 1 nitrogen and oxygen atoms in total. The van der Waals surface area contributed by atoms with Crippen LogP contribution in [0.2, 0.25) is 0 Å². The second-order valence-corrected chi connectivity index (χ2v) is 5.85. The molecule has 0 spiro atoms. The van der Waals surface area contributed by atoms with Gasteiger partial charge in [0.15, 0.2) is 0 Å². The van der Waals surface area contributed by atoms with Crippen molar-refractivity contribution < 1.29 is 0 Å². The fourth-order valence-electron chi connectivity index (χ4n) is 2.82. The van der Waals surface area contributed by atoms with Crippen molar-refractivity contribution in [3.8, 4) is 12.3 Å². The highest BCUT2D eigenvalue weighted by molar-refractivity contribution is 5.83. The van der Waals surface area contributed by atoms with E-state index in [1.54, 1.807) is 6.20 Å². The van der Waals surface area contributed by atoms with Gasteiger partial charge in [-0.25, -0.2) is 0 Å². The van der Waals surface area contributed by atoms with E-state index in [1.807, 2.05) is 18.3 Å². The number of aromatic nitrogens is 1. The van der Waals surface area contributed by atoms with Crippen LogP contribution in [0.15, 0.2) is 48.8 Å². The molecule has 98 valence electrons. The summed E-state index contributed by atoms with van der Waals surface area (Å²) < 4.78 is 0. The van der Waals surface area contributed by atoms with E-state index in [1.165, 1.54) is 16.7 Å². The molecule has 0 saturated carbocycles. The summed E-state index contributed by atoms with van der Waals surface area (Å²) in [5.74, 6) is 2.73. The standard InChI is InChI=1S/C19H17N/c1-4-14-7-8-18-17(12-14)16(9-10-19(18,2)3)15-6-5-11-20-13-15/h1,5-9,11-13H,10H2,2-3H3. The minimum atomic E-state index is 0.147. The first-order chi connectivity index (χ1) is 9.62. The van der Waals surface area contributed by atoms with Gasteiger partial charge in [-0.1, -0.05) is 38.0 Å². The molecule has 3 rings (SSSR count).